The van der Waals surface area contributed by atoms with E-state index in [4.69, 9.17) is 11.6 Å². The highest BCUT2D eigenvalue weighted by Gasteiger charge is 2.33. The number of thioether (sulfide) groups is 1. The predicted octanol–water partition coefficient (Wildman–Crippen LogP) is 4.48. The summed E-state index contributed by atoms with van der Waals surface area (Å²) in [5.41, 5.74) is 0.00266. The molecule has 0 aromatic heterocycles. The van der Waals surface area contributed by atoms with E-state index in [1.54, 1.807) is 11.8 Å². The van der Waals surface area contributed by atoms with Crippen LogP contribution in [0.5, 0.6) is 0 Å². The molecule has 1 N–H and O–H groups in total. The van der Waals surface area contributed by atoms with Crippen LogP contribution < -0.4 is 5.32 Å². The average molecular weight is 319 g/mol. The summed E-state index contributed by atoms with van der Waals surface area (Å²) in [4.78, 5) is 10.5. The van der Waals surface area contributed by atoms with Crippen LogP contribution >= 0.6 is 23.4 Å². The first-order valence-corrected chi connectivity index (χ1v) is 8.00. The Bertz CT molecular complexity index is 521. The SMILES string of the molecule is CSC1(CNc2cc(F)c(Cl)cc2[N+](=O)[O-])CCCC1. The van der Waals surface area contributed by atoms with Crippen molar-refractivity contribution in [3.63, 3.8) is 0 Å². The maximum absolute atomic E-state index is 13.5. The van der Waals surface area contributed by atoms with Crippen LogP contribution in [-0.2, 0) is 0 Å². The summed E-state index contributed by atoms with van der Waals surface area (Å²) in [5, 5.41) is 13.8. The molecule has 2 rings (SSSR count). The molecule has 1 aliphatic carbocycles. The molecule has 1 saturated carbocycles. The summed E-state index contributed by atoms with van der Waals surface area (Å²) < 4.78 is 13.6. The first kappa shape index (κ1) is 15.4. The zero-order valence-corrected chi connectivity index (χ0v) is 12.7. The van der Waals surface area contributed by atoms with Crippen LogP contribution in [0.2, 0.25) is 5.02 Å². The average Bonchev–Trinajstić information content (AvgIpc) is 2.89. The summed E-state index contributed by atoms with van der Waals surface area (Å²) in [6.45, 7) is 0.593. The highest BCUT2D eigenvalue weighted by molar-refractivity contribution is 8.00. The minimum Gasteiger partial charge on any atom is -0.378 e. The van der Waals surface area contributed by atoms with Gasteiger partial charge in [0, 0.05) is 23.4 Å². The fourth-order valence-electron chi connectivity index (χ4n) is 2.56. The Morgan fingerprint density at radius 2 is 2.15 bits per heavy atom. The monoisotopic (exact) mass is 318 g/mol. The van der Waals surface area contributed by atoms with Crippen LogP contribution in [0.15, 0.2) is 12.1 Å². The van der Waals surface area contributed by atoms with Crippen molar-refractivity contribution in [1.82, 2.24) is 0 Å². The van der Waals surface area contributed by atoms with Crippen molar-refractivity contribution in [2.45, 2.75) is 30.4 Å². The van der Waals surface area contributed by atoms with E-state index in [9.17, 15) is 14.5 Å². The minimum absolute atomic E-state index is 0.0873. The van der Waals surface area contributed by atoms with Gasteiger partial charge in [-0.3, -0.25) is 10.1 Å². The lowest BCUT2D eigenvalue weighted by molar-refractivity contribution is -0.384. The molecular weight excluding hydrogens is 303 g/mol. The molecule has 1 fully saturated rings. The quantitative estimate of drug-likeness (QED) is 0.642. The van der Waals surface area contributed by atoms with Gasteiger partial charge in [0.25, 0.3) is 5.69 Å². The standard InChI is InChI=1S/C13H16ClFN2O2S/c1-20-13(4-2-3-5-13)8-16-11-7-10(15)9(14)6-12(11)17(18)19/h6-7,16H,2-5,8H2,1H3. The van der Waals surface area contributed by atoms with Gasteiger partial charge >= 0.3 is 0 Å². The number of halogens is 2. The molecule has 0 unspecified atom stereocenters. The number of nitro groups is 1. The van der Waals surface area contributed by atoms with Crippen molar-refractivity contribution >= 4 is 34.7 Å². The third-order valence-electron chi connectivity index (χ3n) is 3.78. The Labute approximate surface area is 126 Å². The zero-order valence-electron chi connectivity index (χ0n) is 11.1. The Morgan fingerprint density at radius 1 is 1.50 bits per heavy atom. The second-order valence-electron chi connectivity index (χ2n) is 4.99. The predicted molar refractivity (Wildman–Crippen MR) is 81.3 cm³/mol. The summed E-state index contributed by atoms with van der Waals surface area (Å²) in [7, 11) is 0. The van der Waals surface area contributed by atoms with Crippen LogP contribution in [0.4, 0.5) is 15.8 Å². The molecule has 0 heterocycles. The van der Waals surface area contributed by atoms with Crippen LogP contribution in [0.25, 0.3) is 0 Å². The molecule has 1 aliphatic rings. The highest BCUT2D eigenvalue weighted by atomic mass is 35.5. The number of anilines is 1. The van der Waals surface area contributed by atoms with Crippen LogP contribution in [-0.4, -0.2) is 22.5 Å². The first-order chi connectivity index (χ1) is 9.47. The van der Waals surface area contributed by atoms with Gasteiger partial charge < -0.3 is 5.32 Å². The zero-order chi connectivity index (χ0) is 14.8. The van der Waals surface area contributed by atoms with Crippen molar-refractivity contribution < 1.29 is 9.31 Å². The molecule has 0 amide bonds. The molecule has 20 heavy (non-hydrogen) atoms. The van der Waals surface area contributed by atoms with E-state index < -0.39 is 10.7 Å². The topological polar surface area (TPSA) is 55.2 Å². The molecule has 1 aromatic carbocycles. The summed E-state index contributed by atoms with van der Waals surface area (Å²) in [6, 6.07) is 2.16. The van der Waals surface area contributed by atoms with E-state index in [-0.39, 0.29) is 21.1 Å². The molecular formula is C13H16ClFN2O2S. The van der Waals surface area contributed by atoms with Crippen LogP contribution in [0.1, 0.15) is 25.7 Å². The molecule has 0 atom stereocenters. The van der Waals surface area contributed by atoms with Crippen molar-refractivity contribution in [2.75, 3.05) is 18.1 Å². The normalized spacial score (nSPS) is 17.1. The van der Waals surface area contributed by atoms with Gasteiger partial charge in [-0.05, 0) is 19.1 Å². The molecule has 0 saturated heterocycles. The first-order valence-electron chi connectivity index (χ1n) is 6.40. The van der Waals surface area contributed by atoms with Crippen LogP contribution in [0, 0.1) is 15.9 Å². The molecule has 1 aromatic rings. The number of hydrogen-bond donors (Lipinski definition) is 1. The smallest absolute Gasteiger partial charge is 0.294 e. The number of hydrogen-bond acceptors (Lipinski definition) is 4. The number of nitro benzene ring substituents is 1. The number of nitrogens with zero attached hydrogens (tertiary/aromatic N) is 1. The highest BCUT2D eigenvalue weighted by Crippen LogP contribution is 2.41. The van der Waals surface area contributed by atoms with Gasteiger partial charge in [-0.1, -0.05) is 24.4 Å². The lowest BCUT2D eigenvalue weighted by atomic mass is 10.1. The number of nitrogens with one attached hydrogen (secondary N) is 1. The van der Waals surface area contributed by atoms with Crippen molar-refractivity contribution in [2.24, 2.45) is 0 Å². The van der Waals surface area contributed by atoms with Gasteiger partial charge in [0.05, 0.1) is 9.95 Å². The Hall–Kier alpha value is -1.01. The lowest BCUT2D eigenvalue weighted by Crippen LogP contribution is -2.30. The lowest BCUT2D eigenvalue weighted by Gasteiger charge is -2.27. The maximum Gasteiger partial charge on any atom is 0.294 e. The Kier molecular flexibility index (Phi) is 4.75. The maximum atomic E-state index is 13.5. The number of rotatable bonds is 5. The van der Waals surface area contributed by atoms with Crippen molar-refractivity contribution in [1.29, 1.82) is 0 Å². The van der Waals surface area contributed by atoms with Gasteiger partial charge in [-0.25, -0.2) is 4.39 Å². The Balaban J connectivity index is 2.20. The second-order valence-corrected chi connectivity index (χ2v) is 6.67. The van der Waals surface area contributed by atoms with E-state index in [0.717, 1.165) is 25.0 Å². The molecule has 0 radical (unpaired) electrons. The second kappa shape index (κ2) is 6.18. The third kappa shape index (κ3) is 3.17. The fourth-order valence-corrected chi connectivity index (χ4v) is 3.63. The summed E-state index contributed by atoms with van der Waals surface area (Å²) in [6.07, 6.45) is 6.53. The van der Waals surface area contributed by atoms with Gasteiger partial charge in [0.1, 0.15) is 11.5 Å². The molecule has 0 spiro atoms. The third-order valence-corrected chi connectivity index (χ3v) is 5.49. The van der Waals surface area contributed by atoms with Gasteiger partial charge in [-0.15, -0.1) is 0 Å². The van der Waals surface area contributed by atoms with E-state index in [1.807, 2.05) is 6.26 Å². The van der Waals surface area contributed by atoms with Crippen molar-refractivity contribution in [3.05, 3.63) is 33.1 Å². The minimum atomic E-state index is -0.649. The molecule has 7 heteroatoms. The summed E-state index contributed by atoms with van der Waals surface area (Å²) >= 11 is 7.37. The number of benzene rings is 1. The molecule has 110 valence electrons. The van der Waals surface area contributed by atoms with Gasteiger partial charge in [-0.2, -0.15) is 11.8 Å². The van der Waals surface area contributed by atoms with E-state index >= 15 is 0 Å². The fraction of sp³-hybridized carbons (Fsp3) is 0.538. The molecule has 0 bridgehead atoms. The Morgan fingerprint density at radius 3 is 2.70 bits per heavy atom. The van der Waals surface area contributed by atoms with E-state index in [0.29, 0.717) is 6.54 Å². The summed E-state index contributed by atoms with van der Waals surface area (Å²) in [5.74, 6) is -0.649. The van der Waals surface area contributed by atoms with E-state index in [1.165, 1.54) is 12.8 Å². The molecule has 0 aliphatic heterocycles. The van der Waals surface area contributed by atoms with Gasteiger partial charge in [0.15, 0.2) is 0 Å². The van der Waals surface area contributed by atoms with Crippen LogP contribution in [0.3, 0.4) is 0 Å². The van der Waals surface area contributed by atoms with Gasteiger partial charge in [0.2, 0.25) is 0 Å². The van der Waals surface area contributed by atoms with Crippen molar-refractivity contribution in [3.8, 4) is 0 Å². The largest absolute Gasteiger partial charge is 0.378 e. The molecule has 4 nitrogen and oxygen atoms in total. The van der Waals surface area contributed by atoms with E-state index in [2.05, 4.69) is 5.32 Å².